The van der Waals surface area contributed by atoms with E-state index in [4.69, 9.17) is 10.5 Å². The maximum atomic E-state index is 5.62. The molecule has 0 fully saturated rings. The molecule has 0 aliphatic heterocycles. The van der Waals surface area contributed by atoms with Crippen LogP contribution in [0.1, 0.15) is 17.7 Å². The quantitative estimate of drug-likeness (QED) is 0.792. The summed E-state index contributed by atoms with van der Waals surface area (Å²) in [6, 6.07) is 15.9. The summed E-state index contributed by atoms with van der Waals surface area (Å²) in [4.78, 5) is 4.25. The van der Waals surface area contributed by atoms with Crippen LogP contribution < -0.4 is 5.73 Å². The van der Waals surface area contributed by atoms with Crippen molar-refractivity contribution in [1.29, 1.82) is 0 Å². The molecule has 94 valence electrons. The van der Waals surface area contributed by atoms with Crippen molar-refractivity contribution < 1.29 is 4.74 Å². The molecule has 0 amide bonds. The van der Waals surface area contributed by atoms with Gasteiger partial charge in [0.2, 0.25) is 0 Å². The third-order valence-electron chi connectivity index (χ3n) is 2.66. The Kier molecular flexibility index (Phi) is 4.73. The first-order valence-electron chi connectivity index (χ1n) is 6.18. The summed E-state index contributed by atoms with van der Waals surface area (Å²) < 4.78 is 5.61. The Labute approximate surface area is 108 Å². The molecule has 0 spiro atoms. The number of nitrogens with zero attached hydrogens (tertiary/aromatic N) is 1. The normalized spacial score (nSPS) is 10.4. The summed E-state index contributed by atoms with van der Waals surface area (Å²) in [5.74, 6) is 0.581. The standard InChI is InChI=1S/C15H18N2O/c16-15-10-4-8-14(17-15)9-5-11-18-12-13-6-2-1-3-7-13/h1-4,6-8,10H,5,9,11-12H2,(H2,16,17). The van der Waals surface area contributed by atoms with Crippen LogP contribution in [0.5, 0.6) is 0 Å². The van der Waals surface area contributed by atoms with Gasteiger partial charge in [-0.25, -0.2) is 4.98 Å². The number of nitrogen functional groups attached to an aromatic ring is 1. The van der Waals surface area contributed by atoms with E-state index >= 15 is 0 Å². The number of aromatic nitrogens is 1. The third-order valence-corrected chi connectivity index (χ3v) is 2.66. The second-order valence-electron chi connectivity index (χ2n) is 4.20. The predicted octanol–water partition coefficient (Wildman–Crippen LogP) is 2.81. The molecule has 0 bridgehead atoms. The topological polar surface area (TPSA) is 48.1 Å². The van der Waals surface area contributed by atoms with E-state index in [-0.39, 0.29) is 0 Å². The molecular formula is C15H18N2O. The zero-order chi connectivity index (χ0) is 12.6. The van der Waals surface area contributed by atoms with E-state index in [1.54, 1.807) is 6.07 Å². The number of benzene rings is 1. The largest absolute Gasteiger partial charge is 0.384 e. The van der Waals surface area contributed by atoms with Gasteiger partial charge >= 0.3 is 0 Å². The molecule has 3 heteroatoms. The summed E-state index contributed by atoms with van der Waals surface area (Å²) >= 11 is 0. The van der Waals surface area contributed by atoms with E-state index in [9.17, 15) is 0 Å². The summed E-state index contributed by atoms with van der Waals surface area (Å²) in [6.45, 7) is 1.41. The van der Waals surface area contributed by atoms with Gasteiger partial charge in [0.25, 0.3) is 0 Å². The Morgan fingerprint density at radius 2 is 1.83 bits per heavy atom. The zero-order valence-electron chi connectivity index (χ0n) is 10.4. The first-order chi connectivity index (χ1) is 8.84. The van der Waals surface area contributed by atoms with Gasteiger partial charge in [-0.05, 0) is 30.5 Å². The maximum Gasteiger partial charge on any atom is 0.123 e. The molecular weight excluding hydrogens is 224 g/mol. The zero-order valence-corrected chi connectivity index (χ0v) is 10.4. The highest BCUT2D eigenvalue weighted by atomic mass is 16.5. The fourth-order valence-electron chi connectivity index (χ4n) is 1.76. The molecule has 0 radical (unpaired) electrons. The number of aryl methyl sites for hydroxylation is 1. The second-order valence-corrected chi connectivity index (χ2v) is 4.20. The molecule has 1 aromatic heterocycles. The Balaban J connectivity index is 1.65. The average molecular weight is 242 g/mol. The van der Waals surface area contributed by atoms with E-state index < -0.39 is 0 Å². The molecule has 18 heavy (non-hydrogen) atoms. The number of ether oxygens (including phenoxy) is 1. The van der Waals surface area contributed by atoms with Crippen LogP contribution in [0, 0.1) is 0 Å². The molecule has 3 nitrogen and oxygen atoms in total. The van der Waals surface area contributed by atoms with Crippen LogP contribution >= 0.6 is 0 Å². The lowest BCUT2D eigenvalue weighted by Gasteiger charge is -2.04. The number of hydrogen-bond acceptors (Lipinski definition) is 3. The van der Waals surface area contributed by atoms with Crippen LogP contribution in [0.4, 0.5) is 5.82 Å². The van der Waals surface area contributed by atoms with Crippen LogP contribution in [0.2, 0.25) is 0 Å². The SMILES string of the molecule is Nc1cccc(CCCOCc2ccccc2)n1. The predicted molar refractivity (Wildman–Crippen MR) is 73.1 cm³/mol. The Bertz CT molecular complexity index is 471. The Morgan fingerprint density at radius 3 is 2.61 bits per heavy atom. The monoisotopic (exact) mass is 242 g/mol. The molecule has 2 N–H and O–H groups in total. The summed E-state index contributed by atoms with van der Waals surface area (Å²) in [5.41, 5.74) is 7.86. The van der Waals surface area contributed by atoms with Crippen LogP contribution in [-0.4, -0.2) is 11.6 Å². The van der Waals surface area contributed by atoms with Crippen LogP contribution in [0.15, 0.2) is 48.5 Å². The van der Waals surface area contributed by atoms with Gasteiger partial charge in [0.15, 0.2) is 0 Å². The van der Waals surface area contributed by atoms with Crippen LogP contribution in [0.3, 0.4) is 0 Å². The fraction of sp³-hybridized carbons (Fsp3) is 0.267. The molecule has 0 aliphatic rings. The van der Waals surface area contributed by atoms with E-state index in [1.807, 2.05) is 30.3 Å². The van der Waals surface area contributed by atoms with Crippen molar-refractivity contribution in [3.63, 3.8) is 0 Å². The molecule has 2 aromatic rings. The first-order valence-corrected chi connectivity index (χ1v) is 6.18. The van der Waals surface area contributed by atoms with E-state index in [1.165, 1.54) is 5.56 Å². The first kappa shape index (κ1) is 12.6. The fourth-order valence-corrected chi connectivity index (χ4v) is 1.76. The smallest absolute Gasteiger partial charge is 0.123 e. The Hall–Kier alpha value is -1.87. The van der Waals surface area contributed by atoms with E-state index in [0.717, 1.165) is 25.1 Å². The molecule has 0 aliphatic carbocycles. The molecule has 0 atom stereocenters. The average Bonchev–Trinajstić information content (AvgIpc) is 2.40. The lowest BCUT2D eigenvalue weighted by Crippen LogP contribution is -2.00. The van der Waals surface area contributed by atoms with Gasteiger partial charge in [-0.15, -0.1) is 0 Å². The number of rotatable bonds is 6. The van der Waals surface area contributed by atoms with Crippen molar-refractivity contribution in [2.75, 3.05) is 12.3 Å². The van der Waals surface area contributed by atoms with Crippen LogP contribution in [0.25, 0.3) is 0 Å². The highest BCUT2D eigenvalue weighted by Crippen LogP contribution is 2.05. The number of anilines is 1. The van der Waals surface area contributed by atoms with Gasteiger partial charge in [0.1, 0.15) is 5.82 Å². The number of pyridine rings is 1. The number of nitrogens with two attached hydrogens (primary N) is 1. The molecule has 1 heterocycles. The van der Waals surface area contributed by atoms with Gasteiger partial charge in [0.05, 0.1) is 6.61 Å². The molecule has 0 saturated carbocycles. The van der Waals surface area contributed by atoms with Gasteiger partial charge in [0, 0.05) is 12.3 Å². The van der Waals surface area contributed by atoms with E-state index in [2.05, 4.69) is 17.1 Å². The van der Waals surface area contributed by atoms with Gasteiger partial charge in [-0.1, -0.05) is 36.4 Å². The highest BCUT2D eigenvalue weighted by molar-refractivity contribution is 5.28. The minimum atomic E-state index is 0.581. The molecule has 1 aromatic carbocycles. The molecule has 0 saturated heterocycles. The van der Waals surface area contributed by atoms with Crippen LogP contribution in [-0.2, 0) is 17.8 Å². The van der Waals surface area contributed by atoms with Crippen molar-refractivity contribution in [3.8, 4) is 0 Å². The number of hydrogen-bond donors (Lipinski definition) is 1. The van der Waals surface area contributed by atoms with Crippen molar-refractivity contribution in [3.05, 3.63) is 59.8 Å². The van der Waals surface area contributed by atoms with Gasteiger partial charge in [-0.2, -0.15) is 0 Å². The maximum absolute atomic E-state index is 5.62. The van der Waals surface area contributed by atoms with Gasteiger partial charge < -0.3 is 10.5 Å². The third kappa shape index (κ3) is 4.18. The lowest BCUT2D eigenvalue weighted by molar-refractivity contribution is 0.118. The van der Waals surface area contributed by atoms with Crippen molar-refractivity contribution in [1.82, 2.24) is 4.98 Å². The molecule has 0 unspecified atom stereocenters. The second kappa shape index (κ2) is 6.77. The van der Waals surface area contributed by atoms with Crippen molar-refractivity contribution in [2.45, 2.75) is 19.4 Å². The summed E-state index contributed by atoms with van der Waals surface area (Å²) in [6.07, 6.45) is 1.86. The van der Waals surface area contributed by atoms with E-state index in [0.29, 0.717) is 12.4 Å². The van der Waals surface area contributed by atoms with Crippen molar-refractivity contribution >= 4 is 5.82 Å². The summed E-state index contributed by atoms with van der Waals surface area (Å²) in [7, 11) is 0. The Morgan fingerprint density at radius 1 is 1.00 bits per heavy atom. The molecule has 2 rings (SSSR count). The van der Waals surface area contributed by atoms with Gasteiger partial charge in [-0.3, -0.25) is 0 Å². The minimum absolute atomic E-state index is 0.581. The highest BCUT2D eigenvalue weighted by Gasteiger charge is 1.96. The van der Waals surface area contributed by atoms with Crippen molar-refractivity contribution in [2.24, 2.45) is 0 Å². The lowest BCUT2D eigenvalue weighted by atomic mass is 10.2. The minimum Gasteiger partial charge on any atom is -0.384 e. The summed E-state index contributed by atoms with van der Waals surface area (Å²) in [5, 5.41) is 0.